The van der Waals surface area contributed by atoms with Crippen LogP contribution in [0.4, 0.5) is 0 Å². The van der Waals surface area contributed by atoms with Gasteiger partial charge in [0.25, 0.3) is 0 Å². The Labute approximate surface area is 140 Å². The highest BCUT2D eigenvalue weighted by atomic mass is 16.5. The summed E-state index contributed by atoms with van der Waals surface area (Å²) in [6.07, 6.45) is 10.9. The van der Waals surface area contributed by atoms with Crippen molar-refractivity contribution < 1.29 is 9.53 Å². The van der Waals surface area contributed by atoms with Gasteiger partial charge in [0, 0.05) is 5.57 Å². The van der Waals surface area contributed by atoms with E-state index < -0.39 is 0 Å². The lowest BCUT2D eigenvalue weighted by atomic mass is 9.84. The molecule has 1 aliphatic rings. The molecule has 0 saturated carbocycles. The molecule has 0 aromatic heterocycles. The second-order valence-corrected chi connectivity index (χ2v) is 6.54. The summed E-state index contributed by atoms with van der Waals surface area (Å²) in [6.45, 7) is 4.79. The SMILES string of the molecule is CCCCCc1ccc(C2CC=C(C(=O)OCCC)CC2)cc1. The lowest BCUT2D eigenvalue weighted by molar-refractivity contribution is -0.139. The minimum absolute atomic E-state index is 0.114. The van der Waals surface area contributed by atoms with E-state index in [1.165, 1.54) is 36.8 Å². The number of hydrogen-bond donors (Lipinski definition) is 0. The zero-order valence-electron chi connectivity index (χ0n) is 14.6. The van der Waals surface area contributed by atoms with Crippen molar-refractivity contribution in [1.29, 1.82) is 0 Å². The summed E-state index contributed by atoms with van der Waals surface area (Å²) in [5.74, 6) is 0.430. The number of carbonyl (C=O) groups is 1. The summed E-state index contributed by atoms with van der Waals surface area (Å²) in [6, 6.07) is 9.11. The van der Waals surface area contributed by atoms with Gasteiger partial charge < -0.3 is 4.74 Å². The Morgan fingerprint density at radius 3 is 2.52 bits per heavy atom. The van der Waals surface area contributed by atoms with Gasteiger partial charge in [-0.1, -0.05) is 57.0 Å². The Bertz CT molecular complexity index is 513. The highest BCUT2D eigenvalue weighted by Crippen LogP contribution is 2.32. The van der Waals surface area contributed by atoms with E-state index in [0.717, 1.165) is 31.3 Å². The normalized spacial score (nSPS) is 17.7. The minimum atomic E-state index is -0.114. The first kappa shape index (κ1) is 17.8. The molecule has 1 aromatic rings. The van der Waals surface area contributed by atoms with Gasteiger partial charge in [-0.15, -0.1) is 0 Å². The molecule has 1 atom stereocenters. The van der Waals surface area contributed by atoms with E-state index in [-0.39, 0.29) is 5.97 Å². The van der Waals surface area contributed by atoms with Gasteiger partial charge in [0.2, 0.25) is 0 Å². The monoisotopic (exact) mass is 314 g/mol. The zero-order valence-corrected chi connectivity index (χ0v) is 14.6. The summed E-state index contributed by atoms with van der Waals surface area (Å²) in [7, 11) is 0. The molecule has 23 heavy (non-hydrogen) atoms. The zero-order chi connectivity index (χ0) is 16.5. The Hall–Kier alpha value is -1.57. The maximum absolute atomic E-state index is 11.9. The number of carbonyl (C=O) groups excluding carboxylic acids is 1. The first-order valence-corrected chi connectivity index (χ1v) is 9.19. The highest BCUT2D eigenvalue weighted by molar-refractivity contribution is 5.88. The number of ether oxygens (including phenoxy) is 1. The van der Waals surface area contributed by atoms with Gasteiger partial charge >= 0.3 is 5.97 Å². The Balaban J connectivity index is 1.87. The van der Waals surface area contributed by atoms with Crippen molar-refractivity contribution in [1.82, 2.24) is 0 Å². The molecule has 126 valence electrons. The van der Waals surface area contributed by atoms with Gasteiger partial charge in [-0.05, 0) is 55.6 Å². The van der Waals surface area contributed by atoms with Crippen molar-refractivity contribution in [3.8, 4) is 0 Å². The maximum Gasteiger partial charge on any atom is 0.333 e. The second kappa shape index (κ2) is 9.54. The maximum atomic E-state index is 11.9. The molecule has 0 N–H and O–H groups in total. The van der Waals surface area contributed by atoms with Crippen LogP contribution in [-0.4, -0.2) is 12.6 Å². The first-order valence-electron chi connectivity index (χ1n) is 9.19. The van der Waals surface area contributed by atoms with Gasteiger partial charge in [0.15, 0.2) is 0 Å². The van der Waals surface area contributed by atoms with E-state index >= 15 is 0 Å². The Kier molecular flexibility index (Phi) is 7.38. The summed E-state index contributed by atoms with van der Waals surface area (Å²) in [5, 5.41) is 0. The summed E-state index contributed by atoms with van der Waals surface area (Å²) < 4.78 is 5.23. The number of aryl methyl sites for hydroxylation is 1. The van der Waals surface area contributed by atoms with E-state index in [0.29, 0.717) is 12.5 Å². The minimum Gasteiger partial charge on any atom is -0.462 e. The van der Waals surface area contributed by atoms with Crippen LogP contribution in [0.3, 0.4) is 0 Å². The van der Waals surface area contributed by atoms with E-state index in [1.54, 1.807) is 0 Å². The fraction of sp³-hybridized carbons (Fsp3) is 0.571. The number of rotatable bonds is 8. The molecule has 0 fully saturated rings. The number of benzene rings is 1. The first-order chi connectivity index (χ1) is 11.2. The van der Waals surface area contributed by atoms with Gasteiger partial charge in [0.05, 0.1) is 6.61 Å². The average Bonchev–Trinajstić information content (AvgIpc) is 2.61. The van der Waals surface area contributed by atoms with Crippen LogP contribution >= 0.6 is 0 Å². The molecule has 0 spiro atoms. The molecule has 0 aliphatic heterocycles. The number of allylic oxidation sites excluding steroid dienone is 1. The molecular weight excluding hydrogens is 284 g/mol. The third kappa shape index (κ3) is 5.53. The van der Waals surface area contributed by atoms with Gasteiger partial charge in [-0.2, -0.15) is 0 Å². The molecule has 1 aromatic carbocycles. The third-order valence-electron chi connectivity index (χ3n) is 4.63. The molecule has 1 unspecified atom stereocenters. The largest absolute Gasteiger partial charge is 0.462 e. The summed E-state index contributed by atoms with van der Waals surface area (Å²) in [5.41, 5.74) is 3.71. The van der Waals surface area contributed by atoms with E-state index in [4.69, 9.17) is 4.74 Å². The molecule has 0 saturated heterocycles. The molecule has 2 rings (SSSR count). The molecule has 0 bridgehead atoms. The van der Waals surface area contributed by atoms with Crippen LogP contribution in [0.15, 0.2) is 35.9 Å². The van der Waals surface area contributed by atoms with Crippen LogP contribution < -0.4 is 0 Å². The van der Waals surface area contributed by atoms with Gasteiger partial charge in [0.1, 0.15) is 0 Å². The predicted octanol–water partition coefficient (Wildman–Crippen LogP) is 5.57. The fourth-order valence-electron chi connectivity index (χ4n) is 3.15. The Morgan fingerprint density at radius 1 is 1.13 bits per heavy atom. The summed E-state index contributed by atoms with van der Waals surface area (Å²) in [4.78, 5) is 11.9. The van der Waals surface area contributed by atoms with E-state index in [1.807, 2.05) is 6.92 Å². The van der Waals surface area contributed by atoms with Crippen molar-refractivity contribution in [3.63, 3.8) is 0 Å². The van der Waals surface area contributed by atoms with Crippen molar-refractivity contribution in [2.45, 2.75) is 71.1 Å². The van der Waals surface area contributed by atoms with Gasteiger partial charge in [-0.3, -0.25) is 0 Å². The van der Waals surface area contributed by atoms with E-state index in [2.05, 4.69) is 37.3 Å². The second-order valence-electron chi connectivity index (χ2n) is 6.54. The molecule has 0 radical (unpaired) electrons. The summed E-state index contributed by atoms with van der Waals surface area (Å²) >= 11 is 0. The lowest BCUT2D eigenvalue weighted by Gasteiger charge is -2.21. The fourth-order valence-corrected chi connectivity index (χ4v) is 3.15. The highest BCUT2D eigenvalue weighted by Gasteiger charge is 2.20. The topological polar surface area (TPSA) is 26.3 Å². The number of unbranched alkanes of at least 4 members (excludes halogenated alkanes) is 2. The van der Waals surface area contributed by atoms with Crippen LogP contribution in [0.1, 0.15) is 75.8 Å². The molecule has 0 heterocycles. The van der Waals surface area contributed by atoms with Crippen LogP contribution in [0, 0.1) is 0 Å². The smallest absolute Gasteiger partial charge is 0.333 e. The molecule has 2 nitrogen and oxygen atoms in total. The van der Waals surface area contributed by atoms with Crippen molar-refractivity contribution >= 4 is 5.97 Å². The standard InChI is InChI=1S/C21H30O2/c1-3-5-6-7-17-8-10-18(11-9-17)19-12-14-20(15-13-19)21(22)23-16-4-2/h8-11,14,19H,3-7,12-13,15-16H2,1-2H3. The van der Waals surface area contributed by atoms with Crippen molar-refractivity contribution in [2.24, 2.45) is 0 Å². The van der Waals surface area contributed by atoms with Crippen LogP contribution in [-0.2, 0) is 16.0 Å². The molecular formula is C21H30O2. The molecule has 1 aliphatic carbocycles. The van der Waals surface area contributed by atoms with Crippen LogP contribution in [0.5, 0.6) is 0 Å². The predicted molar refractivity (Wildman–Crippen MR) is 95.6 cm³/mol. The van der Waals surface area contributed by atoms with Crippen molar-refractivity contribution in [3.05, 3.63) is 47.0 Å². The number of hydrogen-bond acceptors (Lipinski definition) is 2. The van der Waals surface area contributed by atoms with Gasteiger partial charge in [-0.25, -0.2) is 4.79 Å². The van der Waals surface area contributed by atoms with Crippen molar-refractivity contribution in [2.75, 3.05) is 6.61 Å². The quantitative estimate of drug-likeness (QED) is 0.463. The molecule has 0 amide bonds. The third-order valence-corrected chi connectivity index (χ3v) is 4.63. The number of esters is 1. The molecule has 2 heteroatoms. The van der Waals surface area contributed by atoms with Crippen LogP contribution in [0.25, 0.3) is 0 Å². The lowest BCUT2D eigenvalue weighted by Crippen LogP contribution is -2.13. The average molecular weight is 314 g/mol. The van der Waals surface area contributed by atoms with E-state index in [9.17, 15) is 4.79 Å². The Morgan fingerprint density at radius 2 is 1.91 bits per heavy atom. The van der Waals surface area contributed by atoms with Crippen LogP contribution in [0.2, 0.25) is 0 Å².